The highest BCUT2D eigenvalue weighted by Gasteiger charge is 1.99. The number of hydrogen-bond donors (Lipinski definition) is 2. The van der Waals surface area contributed by atoms with Gasteiger partial charge in [0, 0.05) is 12.7 Å². The van der Waals surface area contributed by atoms with Crippen LogP contribution in [0.25, 0.3) is 0 Å². The Morgan fingerprint density at radius 2 is 2.05 bits per heavy atom. The molecule has 0 aliphatic carbocycles. The Hall–Kier alpha value is -0.940. The summed E-state index contributed by atoms with van der Waals surface area (Å²) < 4.78 is 1.67. The maximum Gasteiger partial charge on any atom is 0.0964 e. The van der Waals surface area contributed by atoms with Gasteiger partial charge in [0.15, 0.2) is 0 Å². The Morgan fingerprint density at radius 1 is 1.26 bits per heavy atom. The molecule has 0 aliphatic rings. The number of aliphatic hydroxyl groups is 1. The largest absolute Gasteiger partial charge is 0.394 e. The summed E-state index contributed by atoms with van der Waals surface area (Å²) in [7, 11) is 0. The van der Waals surface area contributed by atoms with Gasteiger partial charge in [-0.1, -0.05) is 44.7 Å². The fourth-order valence-electron chi connectivity index (χ4n) is 2.00. The Labute approximate surface area is 116 Å². The van der Waals surface area contributed by atoms with Gasteiger partial charge in [-0.2, -0.15) is 0 Å². The molecule has 5 heteroatoms. The summed E-state index contributed by atoms with van der Waals surface area (Å²) in [6.45, 7) is 6.98. The number of rotatable bonds is 11. The first-order chi connectivity index (χ1) is 9.22. The minimum Gasteiger partial charge on any atom is -0.394 e. The van der Waals surface area contributed by atoms with Crippen LogP contribution in [0.2, 0.25) is 0 Å². The molecule has 0 saturated heterocycles. The first kappa shape index (κ1) is 16.1. The lowest BCUT2D eigenvalue weighted by atomic mass is 10.0. The van der Waals surface area contributed by atoms with Gasteiger partial charge in [-0.25, -0.2) is 4.68 Å². The molecule has 0 unspecified atom stereocenters. The molecule has 0 fully saturated rings. The molecule has 5 nitrogen and oxygen atoms in total. The van der Waals surface area contributed by atoms with Crippen LogP contribution >= 0.6 is 0 Å². The van der Waals surface area contributed by atoms with Gasteiger partial charge in [-0.3, -0.25) is 0 Å². The van der Waals surface area contributed by atoms with Gasteiger partial charge in [0.2, 0.25) is 0 Å². The molecule has 19 heavy (non-hydrogen) atoms. The summed E-state index contributed by atoms with van der Waals surface area (Å²) in [6.07, 6.45) is 8.45. The lowest BCUT2D eigenvalue weighted by molar-refractivity contribution is 0.268. The number of nitrogens with one attached hydrogen (secondary N) is 1. The van der Waals surface area contributed by atoms with Gasteiger partial charge in [-0.05, 0) is 18.9 Å². The second-order valence-electron chi connectivity index (χ2n) is 5.47. The van der Waals surface area contributed by atoms with Crippen LogP contribution in [0.5, 0.6) is 0 Å². The third-order valence-corrected chi connectivity index (χ3v) is 3.11. The highest BCUT2D eigenvalue weighted by molar-refractivity contribution is 4.91. The normalized spacial score (nSPS) is 11.4. The van der Waals surface area contributed by atoms with Crippen molar-refractivity contribution in [3.63, 3.8) is 0 Å². The van der Waals surface area contributed by atoms with Crippen molar-refractivity contribution in [2.45, 2.75) is 59.0 Å². The molecule has 110 valence electrons. The predicted octanol–water partition coefficient (Wildman–Crippen LogP) is 1.97. The number of hydrogen-bond acceptors (Lipinski definition) is 4. The van der Waals surface area contributed by atoms with E-state index in [4.69, 9.17) is 5.11 Å². The molecule has 0 saturated carbocycles. The summed E-state index contributed by atoms with van der Waals surface area (Å²) in [5, 5.41) is 20.1. The Balaban J connectivity index is 1.95. The molecule has 0 amide bonds. The van der Waals surface area contributed by atoms with E-state index >= 15 is 0 Å². The average molecular weight is 268 g/mol. The Morgan fingerprint density at radius 3 is 2.79 bits per heavy atom. The van der Waals surface area contributed by atoms with E-state index in [-0.39, 0.29) is 6.61 Å². The molecule has 2 N–H and O–H groups in total. The molecule has 1 aromatic heterocycles. The highest BCUT2D eigenvalue weighted by atomic mass is 16.3. The van der Waals surface area contributed by atoms with Gasteiger partial charge in [0.1, 0.15) is 0 Å². The Bertz CT molecular complexity index is 325. The van der Waals surface area contributed by atoms with Crippen LogP contribution < -0.4 is 5.32 Å². The Kier molecular flexibility index (Phi) is 8.41. The minimum atomic E-state index is 0.104. The van der Waals surface area contributed by atoms with Crippen LogP contribution in [-0.4, -0.2) is 33.3 Å². The molecule has 0 aromatic carbocycles. The van der Waals surface area contributed by atoms with Crippen LogP contribution in [-0.2, 0) is 13.1 Å². The lowest BCUT2D eigenvalue weighted by Gasteiger charge is -2.05. The van der Waals surface area contributed by atoms with Crippen molar-refractivity contribution in [1.29, 1.82) is 0 Å². The number of unbranched alkanes of at least 4 members (excludes halogenated alkanes) is 3. The number of aromatic nitrogens is 3. The average Bonchev–Trinajstić information content (AvgIpc) is 2.80. The molecule has 1 rings (SSSR count). The lowest BCUT2D eigenvalue weighted by Crippen LogP contribution is -2.14. The third kappa shape index (κ3) is 7.95. The van der Waals surface area contributed by atoms with Gasteiger partial charge >= 0.3 is 0 Å². The van der Waals surface area contributed by atoms with Crippen molar-refractivity contribution in [2.24, 2.45) is 5.92 Å². The molecule has 0 spiro atoms. The quantitative estimate of drug-likeness (QED) is 0.602. The fourth-order valence-corrected chi connectivity index (χ4v) is 2.00. The van der Waals surface area contributed by atoms with Crippen molar-refractivity contribution in [3.05, 3.63) is 11.9 Å². The van der Waals surface area contributed by atoms with Crippen molar-refractivity contribution in [1.82, 2.24) is 20.3 Å². The minimum absolute atomic E-state index is 0.104. The second-order valence-corrected chi connectivity index (χ2v) is 5.47. The summed E-state index contributed by atoms with van der Waals surface area (Å²) in [6, 6.07) is 0. The van der Waals surface area contributed by atoms with Crippen molar-refractivity contribution in [2.75, 3.05) is 13.2 Å². The summed E-state index contributed by atoms with van der Waals surface area (Å²) in [4.78, 5) is 0. The molecular weight excluding hydrogens is 240 g/mol. The molecule has 1 heterocycles. The standard InChI is InChI=1S/C14H28N4O/c1-13(2)7-5-3-4-6-8-15-11-14-12-18(9-10-19)17-16-14/h12-13,15,19H,3-11H2,1-2H3. The maximum atomic E-state index is 8.78. The smallest absolute Gasteiger partial charge is 0.0964 e. The molecular formula is C14H28N4O. The van der Waals surface area contributed by atoms with Gasteiger partial charge in [0.25, 0.3) is 0 Å². The predicted molar refractivity (Wildman–Crippen MR) is 76.7 cm³/mol. The van der Waals surface area contributed by atoms with E-state index in [2.05, 4.69) is 29.5 Å². The van der Waals surface area contributed by atoms with Gasteiger partial charge in [-0.15, -0.1) is 5.10 Å². The molecule has 1 aromatic rings. The van der Waals surface area contributed by atoms with Gasteiger partial charge in [0.05, 0.1) is 18.8 Å². The van der Waals surface area contributed by atoms with Crippen LogP contribution in [0.4, 0.5) is 0 Å². The van der Waals surface area contributed by atoms with Crippen molar-refractivity contribution < 1.29 is 5.11 Å². The van der Waals surface area contributed by atoms with E-state index in [1.165, 1.54) is 32.1 Å². The van der Waals surface area contributed by atoms with E-state index in [0.29, 0.717) is 6.54 Å². The molecule has 0 radical (unpaired) electrons. The summed E-state index contributed by atoms with van der Waals surface area (Å²) in [5.41, 5.74) is 0.938. The van der Waals surface area contributed by atoms with Crippen molar-refractivity contribution >= 4 is 0 Å². The first-order valence-electron chi connectivity index (χ1n) is 7.43. The summed E-state index contributed by atoms with van der Waals surface area (Å²) >= 11 is 0. The molecule has 0 atom stereocenters. The second kappa shape index (κ2) is 9.92. The van der Waals surface area contributed by atoms with E-state index in [1.807, 2.05) is 6.20 Å². The topological polar surface area (TPSA) is 63.0 Å². The van der Waals surface area contributed by atoms with E-state index in [0.717, 1.165) is 24.7 Å². The van der Waals surface area contributed by atoms with Crippen LogP contribution in [0.1, 0.15) is 51.6 Å². The number of aliphatic hydroxyl groups excluding tert-OH is 1. The third-order valence-electron chi connectivity index (χ3n) is 3.11. The molecule has 0 aliphatic heterocycles. The van der Waals surface area contributed by atoms with E-state index in [1.54, 1.807) is 4.68 Å². The SMILES string of the molecule is CC(C)CCCCCCNCc1cn(CCO)nn1. The monoisotopic (exact) mass is 268 g/mol. The maximum absolute atomic E-state index is 8.78. The fraction of sp³-hybridized carbons (Fsp3) is 0.857. The van der Waals surface area contributed by atoms with Crippen LogP contribution in [0, 0.1) is 5.92 Å². The van der Waals surface area contributed by atoms with Gasteiger partial charge < -0.3 is 10.4 Å². The van der Waals surface area contributed by atoms with Crippen LogP contribution in [0.15, 0.2) is 6.20 Å². The first-order valence-corrected chi connectivity index (χ1v) is 7.43. The van der Waals surface area contributed by atoms with Crippen molar-refractivity contribution in [3.8, 4) is 0 Å². The zero-order valence-electron chi connectivity index (χ0n) is 12.3. The summed E-state index contributed by atoms with van der Waals surface area (Å²) in [5.74, 6) is 0.833. The molecule has 0 bridgehead atoms. The zero-order chi connectivity index (χ0) is 13.9. The van der Waals surface area contributed by atoms with E-state index < -0.39 is 0 Å². The highest BCUT2D eigenvalue weighted by Crippen LogP contribution is 2.08. The number of nitrogens with zero attached hydrogens (tertiary/aromatic N) is 3. The zero-order valence-corrected chi connectivity index (χ0v) is 12.3. The van der Waals surface area contributed by atoms with Crippen LogP contribution in [0.3, 0.4) is 0 Å². The van der Waals surface area contributed by atoms with E-state index in [9.17, 15) is 0 Å².